The lowest BCUT2D eigenvalue weighted by atomic mass is 10.2. The summed E-state index contributed by atoms with van der Waals surface area (Å²) in [6.45, 7) is 4.16. The van der Waals surface area contributed by atoms with Gasteiger partial charge in [0.05, 0.1) is 6.54 Å². The lowest BCUT2D eigenvalue weighted by molar-refractivity contribution is 0.393. The third-order valence-electron chi connectivity index (χ3n) is 4.04. The summed E-state index contributed by atoms with van der Waals surface area (Å²) in [6.07, 6.45) is 0. The summed E-state index contributed by atoms with van der Waals surface area (Å²) in [4.78, 5) is 21.7. The lowest BCUT2D eigenvalue weighted by Crippen LogP contribution is -2.22. The topological polar surface area (TPSA) is 88.2 Å². The number of anilines is 1. The van der Waals surface area contributed by atoms with Crippen molar-refractivity contribution in [2.45, 2.75) is 20.4 Å². The molecule has 0 atom stereocenters. The number of hydrogen-bond acceptors (Lipinski definition) is 6. The van der Waals surface area contributed by atoms with E-state index in [1.54, 1.807) is 0 Å². The van der Waals surface area contributed by atoms with E-state index < -0.39 is 0 Å². The molecule has 24 heavy (non-hydrogen) atoms. The van der Waals surface area contributed by atoms with Crippen LogP contribution in [-0.2, 0) is 6.54 Å². The summed E-state index contributed by atoms with van der Waals surface area (Å²) in [5.41, 5.74) is 2.90. The molecular weight excluding hydrogens is 308 g/mol. The molecule has 0 aliphatic heterocycles. The van der Waals surface area contributed by atoms with Crippen LogP contribution in [0.15, 0.2) is 38.0 Å². The van der Waals surface area contributed by atoms with E-state index in [-0.39, 0.29) is 11.1 Å². The quantitative estimate of drug-likeness (QED) is 0.623. The second-order valence-corrected chi connectivity index (χ2v) is 5.82. The summed E-state index contributed by atoms with van der Waals surface area (Å²) >= 11 is 0. The van der Waals surface area contributed by atoms with Gasteiger partial charge in [-0.2, -0.15) is 0 Å². The number of furan rings is 1. The van der Waals surface area contributed by atoms with Crippen LogP contribution in [0.2, 0.25) is 0 Å². The highest BCUT2D eigenvalue weighted by atomic mass is 16.5. The Morgan fingerprint density at radius 1 is 1.25 bits per heavy atom. The van der Waals surface area contributed by atoms with Crippen molar-refractivity contribution in [3.8, 4) is 0 Å². The molecule has 0 spiro atoms. The van der Waals surface area contributed by atoms with Crippen molar-refractivity contribution in [3.05, 3.63) is 51.9 Å². The van der Waals surface area contributed by atoms with Gasteiger partial charge in [0.25, 0.3) is 5.56 Å². The van der Waals surface area contributed by atoms with E-state index in [2.05, 4.69) is 15.1 Å². The van der Waals surface area contributed by atoms with Crippen molar-refractivity contribution >= 4 is 27.8 Å². The number of aryl methyl sites for hydroxylation is 2. The third kappa shape index (κ3) is 2.17. The van der Waals surface area contributed by atoms with Crippen LogP contribution in [0.3, 0.4) is 0 Å². The fourth-order valence-corrected chi connectivity index (χ4v) is 3.05. The van der Waals surface area contributed by atoms with E-state index in [0.29, 0.717) is 23.5 Å². The van der Waals surface area contributed by atoms with E-state index in [1.807, 2.05) is 50.1 Å². The normalized spacial score (nSPS) is 11.5. The van der Waals surface area contributed by atoms with Gasteiger partial charge in [-0.1, -0.05) is 17.3 Å². The average molecular weight is 324 g/mol. The molecule has 0 radical (unpaired) electrons. The van der Waals surface area contributed by atoms with Gasteiger partial charge >= 0.3 is 0 Å². The number of H-pyrrole nitrogens is 1. The highest BCUT2D eigenvalue weighted by Gasteiger charge is 2.17. The summed E-state index contributed by atoms with van der Waals surface area (Å²) in [7, 11) is 1.91. The molecule has 4 aromatic rings. The van der Waals surface area contributed by atoms with E-state index in [0.717, 1.165) is 22.5 Å². The molecule has 0 fully saturated rings. The summed E-state index contributed by atoms with van der Waals surface area (Å²) < 4.78 is 10.8. The lowest BCUT2D eigenvalue weighted by Gasteiger charge is -2.17. The smallest absolute Gasteiger partial charge is 0.294 e. The molecule has 0 bridgehead atoms. The molecule has 1 N–H and O–H groups in total. The minimum atomic E-state index is -0.279. The molecular formula is C17H16N4O3. The van der Waals surface area contributed by atoms with E-state index in [9.17, 15) is 4.79 Å². The van der Waals surface area contributed by atoms with Crippen molar-refractivity contribution in [1.29, 1.82) is 0 Å². The molecule has 1 aromatic carbocycles. The SMILES string of the molecule is Cc1noc(C)c1N(C)Cc1nc2c(oc3ccccc32)c(=O)[nH]1. The predicted molar refractivity (Wildman–Crippen MR) is 90.2 cm³/mol. The van der Waals surface area contributed by atoms with Crippen LogP contribution in [0.5, 0.6) is 0 Å². The maximum absolute atomic E-state index is 12.3. The van der Waals surface area contributed by atoms with Crippen LogP contribution >= 0.6 is 0 Å². The van der Waals surface area contributed by atoms with Crippen LogP contribution in [0, 0.1) is 13.8 Å². The number of benzene rings is 1. The van der Waals surface area contributed by atoms with Crippen molar-refractivity contribution in [2.24, 2.45) is 0 Å². The van der Waals surface area contributed by atoms with E-state index >= 15 is 0 Å². The molecule has 7 nitrogen and oxygen atoms in total. The number of nitrogens with one attached hydrogen (secondary N) is 1. The summed E-state index contributed by atoms with van der Waals surface area (Å²) in [5, 5.41) is 4.79. The number of rotatable bonds is 3. The van der Waals surface area contributed by atoms with Gasteiger partial charge in [0.2, 0.25) is 5.58 Å². The molecule has 0 aliphatic carbocycles. The van der Waals surface area contributed by atoms with Gasteiger partial charge in [0, 0.05) is 12.4 Å². The number of nitrogens with zero attached hydrogens (tertiary/aromatic N) is 3. The van der Waals surface area contributed by atoms with E-state index in [4.69, 9.17) is 8.94 Å². The Kier molecular flexibility index (Phi) is 3.16. The molecule has 0 amide bonds. The molecule has 3 aromatic heterocycles. The van der Waals surface area contributed by atoms with Crippen molar-refractivity contribution in [1.82, 2.24) is 15.1 Å². The van der Waals surface area contributed by atoms with Crippen molar-refractivity contribution in [2.75, 3.05) is 11.9 Å². The minimum absolute atomic E-state index is 0.250. The van der Waals surface area contributed by atoms with Gasteiger partial charge in [-0.3, -0.25) is 4.79 Å². The van der Waals surface area contributed by atoms with Crippen molar-refractivity contribution < 1.29 is 8.94 Å². The monoisotopic (exact) mass is 324 g/mol. The number of aromatic amines is 1. The Hall–Kier alpha value is -3.09. The van der Waals surface area contributed by atoms with Crippen LogP contribution in [0.4, 0.5) is 5.69 Å². The van der Waals surface area contributed by atoms with Gasteiger partial charge in [-0.25, -0.2) is 4.98 Å². The Bertz CT molecular complexity index is 1090. The second-order valence-electron chi connectivity index (χ2n) is 5.82. The highest BCUT2D eigenvalue weighted by Crippen LogP contribution is 2.26. The second kappa shape index (κ2) is 5.23. The standard InChI is InChI=1S/C17H16N4O3/c1-9-15(10(2)24-20-9)21(3)8-13-18-14-11-6-4-5-7-12(11)23-16(14)17(22)19-13/h4-7H,8H2,1-3H3,(H,18,19,22). The minimum Gasteiger partial charge on any atom is -0.449 e. The molecule has 0 aliphatic rings. The Morgan fingerprint density at radius 3 is 2.79 bits per heavy atom. The molecule has 7 heteroatoms. The first kappa shape index (κ1) is 14.5. The number of hydrogen-bond donors (Lipinski definition) is 1. The maximum atomic E-state index is 12.3. The fraction of sp³-hybridized carbons (Fsp3) is 0.235. The van der Waals surface area contributed by atoms with Gasteiger partial charge in [0.15, 0.2) is 5.76 Å². The van der Waals surface area contributed by atoms with Gasteiger partial charge in [-0.15, -0.1) is 0 Å². The number of para-hydroxylation sites is 1. The molecule has 122 valence electrons. The van der Waals surface area contributed by atoms with Gasteiger partial charge in [0.1, 0.15) is 28.3 Å². The van der Waals surface area contributed by atoms with Crippen LogP contribution < -0.4 is 10.5 Å². The number of fused-ring (bicyclic) bond motifs is 3. The zero-order chi connectivity index (χ0) is 16.8. The maximum Gasteiger partial charge on any atom is 0.294 e. The Labute approximate surface area is 136 Å². The molecule has 4 rings (SSSR count). The van der Waals surface area contributed by atoms with Gasteiger partial charge < -0.3 is 18.8 Å². The largest absolute Gasteiger partial charge is 0.449 e. The average Bonchev–Trinajstić information content (AvgIpc) is 3.08. The molecule has 0 unspecified atom stereocenters. The van der Waals surface area contributed by atoms with Crippen molar-refractivity contribution in [3.63, 3.8) is 0 Å². The Balaban J connectivity index is 1.80. The highest BCUT2D eigenvalue weighted by molar-refractivity contribution is 6.01. The summed E-state index contributed by atoms with van der Waals surface area (Å²) in [5.74, 6) is 1.29. The molecule has 3 heterocycles. The third-order valence-corrected chi connectivity index (χ3v) is 4.04. The zero-order valence-corrected chi connectivity index (χ0v) is 13.6. The first-order valence-electron chi connectivity index (χ1n) is 7.59. The van der Waals surface area contributed by atoms with Crippen LogP contribution in [0.25, 0.3) is 22.1 Å². The molecule has 0 saturated carbocycles. The van der Waals surface area contributed by atoms with Crippen LogP contribution in [0.1, 0.15) is 17.3 Å². The van der Waals surface area contributed by atoms with Gasteiger partial charge in [-0.05, 0) is 26.0 Å². The zero-order valence-electron chi connectivity index (χ0n) is 13.6. The predicted octanol–water partition coefficient (Wildman–Crippen LogP) is 2.91. The first-order chi connectivity index (χ1) is 11.5. The number of aromatic nitrogens is 3. The molecule has 0 saturated heterocycles. The Morgan fingerprint density at radius 2 is 2.04 bits per heavy atom. The van der Waals surface area contributed by atoms with E-state index in [1.165, 1.54) is 0 Å². The van der Waals surface area contributed by atoms with Crippen LogP contribution in [-0.4, -0.2) is 22.2 Å². The summed E-state index contributed by atoms with van der Waals surface area (Å²) in [6, 6.07) is 7.49. The first-order valence-corrected chi connectivity index (χ1v) is 7.59. The fourth-order valence-electron chi connectivity index (χ4n) is 3.05.